The predicted molar refractivity (Wildman–Crippen MR) is 43.5 cm³/mol. The van der Waals surface area contributed by atoms with Crippen LogP contribution in [0.15, 0.2) is 12.2 Å². The third kappa shape index (κ3) is 0.712. The van der Waals surface area contributed by atoms with E-state index in [9.17, 15) is 4.79 Å². The van der Waals surface area contributed by atoms with Gasteiger partial charge in [-0.05, 0) is 11.8 Å². The molecule has 2 nitrogen and oxygen atoms in total. The number of hydrogen-bond acceptors (Lipinski definition) is 2. The second-order valence-corrected chi connectivity index (χ2v) is 4.11. The third-order valence-electron chi connectivity index (χ3n) is 3.56. The fourth-order valence-electron chi connectivity index (χ4n) is 2.88. The standard InChI is InChI=1S/C10H12O2/c11-10-3-6-1-2-7(10)9-5-12-4-8(6)9/h1-2,6-9H,3-5H2/t6-,7-,8-,9-/m0/s1. The van der Waals surface area contributed by atoms with E-state index in [1.807, 2.05) is 0 Å². The number of ether oxygens (including phenoxy) is 1. The van der Waals surface area contributed by atoms with Gasteiger partial charge < -0.3 is 4.74 Å². The molecule has 1 saturated carbocycles. The maximum atomic E-state index is 11.5. The summed E-state index contributed by atoms with van der Waals surface area (Å²) in [5, 5.41) is 0. The highest BCUT2D eigenvalue weighted by Crippen LogP contribution is 2.45. The average Bonchev–Trinajstić information content (AvgIpc) is 2.53. The van der Waals surface area contributed by atoms with E-state index in [4.69, 9.17) is 4.74 Å². The van der Waals surface area contributed by atoms with Gasteiger partial charge in [0.15, 0.2) is 0 Å². The molecule has 4 atom stereocenters. The summed E-state index contributed by atoms with van der Waals surface area (Å²) in [7, 11) is 0. The average molecular weight is 164 g/mol. The van der Waals surface area contributed by atoms with Crippen LogP contribution in [0.25, 0.3) is 0 Å². The van der Waals surface area contributed by atoms with Crippen LogP contribution >= 0.6 is 0 Å². The summed E-state index contributed by atoms with van der Waals surface area (Å²) < 4.78 is 5.43. The maximum absolute atomic E-state index is 11.5. The predicted octanol–water partition coefficient (Wildman–Crippen LogP) is 1.02. The molecule has 0 aromatic heterocycles. The quantitative estimate of drug-likeness (QED) is 0.500. The van der Waals surface area contributed by atoms with Crippen LogP contribution in [0.4, 0.5) is 0 Å². The smallest absolute Gasteiger partial charge is 0.140 e. The molecular weight excluding hydrogens is 152 g/mol. The van der Waals surface area contributed by atoms with E-state index in [0.717, 1.165) is 19.6 Å². The summed E-state index contributed by atoms with van der Waals surface area (Å²) in [6.07, 6.45) is 5.10. The Balaban J connectivity index is 2.02. The lowest BCUT2D eigenvalue weighted by molar-refractivity contribution is -0.127. The summed E-state index contributed by atoms with van der Waals surface area (Å²) in [6, 6.07) is 0. The second kappa shape index (κ2) is 2.19. The first-order chi connectivity index (χ1) is 5.86. The van der Waals surface area contributed by atoms with Crippen molar-refractivity contribution in [2.24, 2.45) is 23.7 Å². The fraction of sp³-hybridized carbons (Fsp3) is 0.700. The molecule has 2 bridgehead atoms. The molecule has 0 N–H and O–H groups in total. The van der Waals surface area contributed by atoms with E-state index < -0.39 is 0 Å². The molecule has 0 aromatic rings. The Morgan fingerprint density at radius 1 is 1.25 bits per heavy atom. The molecule has 12 heavy (non-hydrogen) atoms. The van der Waals surface area contributed by atoms with Crippen molar-refractivity contribution in [3.8, 4) is 0 Å². The summed E-state index contributed by atoms with van der Waals surface area (Å²) in [5.74, 6) is 2.30. The topological polar surface area (TPSA) is 26.3 Å². The molecule has 0 amide bonds. The van der Waals surface area contributed by atoms with E-state index >= 15 is 0 Å². The minimum Gasteiger partial charge on any atom is -0.381 e. The summed E-state index contributed by atoms with van der Waals surface area (Å²) in [5.41, 5.74) is 0. The van der Waals surface area contributed by atoms with E-state index in [1.165, 1.54) is 0 Å². The molecule has 1 aliphatic heterocycles. The van der Waals surface area contributed by atoms with E-state index in [0.29, 0.717) is 23.5 Å². The molecule has 4 aliphatic rings. The Hall–Kier alpha value is -0.630. The Labute approximate surface area is 71.6 Å². The number of carbonyl (C=O) groups is 1. The van der Waals surface area contributed by atoms with Crippen LogP contribution in [0.3, 0.4) is 0 Å². The zero-order valence-corrected chi connectivity index (χ0v) is 6.90. The normalized spacial score (nSPS) is 49.8. The van der Waals surface area contributed by atoms with E-state index in [-0.39, 0.29) is 5.92 Å². The van der Waals surface area contributed by atoms with Crippen molar-refractivity contribution >= 4 is 5.78 Å². The largest absolute Gasteiger partial charge is 0.381 e. The van der Waals surface area contributed by atoms with Gasteiger partial charge in [0.1, 0.15) is 5.78 Å². The van der Waals surface area contributed by atoms with Crippen LogP contribution in [0.1, 0.15) is 6.42 Å². The SMILES string of the molecule is O=C1C[C@@H]2C=C[C@H]1[C@@H]1COC[C@H]12. The Morgan fingerprint density at radius 3 is 2.92 bits per heavy atom. The minimum atomic E-state index is 0.197. The van der Waals surface area contributed by atoms with Crippen molar-refractivity contribution < 1.29 is 9.53 Å². The molecule has 2 fully saturated rings. The zero-order valence-electron chi connectivity index (χ0n) is 6.90. The fourth-order valence-corrected chi connectivity index (χ4v) is 2.88. The molecule has 3 aliphatic carbocycles. The number of allylic oxidation sites excluding steroid dienone is 2. The number of hydrogen-bond donors (Lipinski definition) is 0. The monoisotopic (exact) mass is 164 g/mol. The number of rotatable bonds is 0. The molecular formula is C10H12O2. The van der Waals surface area contributed by atoms with Gasteiger partial charge in [-0.2, -0.15) is 0 Å². The van der Waals surface area contributed by atoms with Crippen molar-refractivity contribution in [1.29, 1.82) is 0 Å². The van der Waals surface area contributed by atoms with Crippen LogP contribution in [-0.2, 0) is 9.53 Å². The first-order valence-corrected chi connectivity index (χ1v) is 4.65. The van der Waals surface area contributed by atoms with Gasteiger partial charge in [0.05, 0.1) is 13.2 Å². The highest BCUT2D eigenvalue weighted by molar-refractivity contribution is 5.85. The van der Waals surface area contributed by atoms with Crippen LogP contribution in [0.2, 0.25) is 0 Å². The van der Waals surface area contributed by atoms with Gasteiger partial charge in [-0.3, -0.25) is 4.79 Å². The van der Waals surface area contributed by atoms with Gasteiger partial charge in [0.2, 0.25) is 0 Å². The molecule has 4 rings (SSSR count). The van der Waals surface area contributed by atoms with Crippen molar-refractivity contribution in [2.45, 2.75) is 6.42 Å². The van der Waals surface area contributed by atoms with Crippen molar-refractivity contribution in [2.75, 3.05) is 13.2 Å². The second-order valence-electron chi connectivity index (χ2n) is 4.11. The number of Topliss-reactive ketones (excluding diaryl/α,β-unsaturated/α-hetero) is 1. The van der Waals surface area contributed by atoms with Gasteiger partial charge >= 0.3 is 0 Å². The van der Waals surface area contributed by atoms with Crippen molar-refractivity contribution in [1.82, 2.24) is 0 Å². The molecule has 2 heteroatoms. The Bertz CT molecular complexity index is 257. The van der Waals surface area contributed by atoms with Gasteiger partial charge in [0, 0.05) is 18.3 Å². The van der Waals surface area contributed by atoms with E-state index in [1.54, 1.807) is 0 Å². The van der Waals surface area contributed by atoms with Gasteiger partial charge in [-0.25, -0.2) is 0 Å². The molecule has 64 valence electrons. The van der Waals surface area contributed by atoms with Crippen LogP contribution in [0, 0.1) is 23.7 Å². The van der Waals surface area contributed by atoms with E-state index in [2.05, 4.69) is 12.2 Å². The number of fused-ring (bicyclic) bond motifs is 1. The lowest BCUT2D eigenvalue weighted by Gasteiger charge is -2.38. The summed E-state index contributed by atoms with van der Waals surface area (Å²) in [4.78, 5) is 11.5. The lowest BCUT2D eigenvalue weighted by atomic mass is 9.63. The first kappa shape index (κ1) is 6.84. The molecule has 0 spiro atoms. The number of carbonyl (C=O) groups excluding carboxylic acids is 1. The van der Waals surface area contributed by atoms with Gasteiger partial charge in [-0.1, -0.05) is 12.2 Å². The third-order valence-corrected chi connectivity index (χ3v) is 3.56. The Kier molecular flexibility index (Phi) is 1.25. The lowest BCUT2D eigenvalue weighted by Crippen LogP contribution is -2.41. The highest BCUT2D eigenvalue weighted by Gasteiger charge is 2.47. The van der Waals surface area contributed by atoms with Gasteiger partial charge in [0.25, 0.3) is 0 Å². The summed E-state index contributed by atoms with van der Waals surface area (Å²) >= 11 is 0. The van der Waals surface area contributed by atoms with Crippen molar-refractivity contribution in [3.05, 3.63) is 12.2 Å². The van der Waals surface area contributed by atoms with Gasteiger partial charge in [-0.15, -0.1) is 0 Å². The molecule has 0 unspecified atom stereocenters. The molecule has 0 aromatic carbocycles. The van der Waals surface area contributed by atoms with Crippen LogP contribution in [-0.4, -0.2) is 19.0 Å². The number of ketones is 1. The van der Waals surface area contributed by atoms with Crippen LogP contribution in [0.5, 0.6) is 0 Å². The Morgan fingerprint density at radius 2 is 2.08 bits per heavy atom. The minimum absolute atomic E-state index is 0.197. The van der Waals surface area contributed by atoms with Crippen LogP contribution < -0.4 is 0 Å². The highest BCUT2D eigenvalue weighted by atomic mass is 16.5. The molecule has 1 saturated heterocycles. The first-order valence-electron chi connectivity index (χ1n) is 4.65. The summed E-state index contributed by atoms with van der Waals surface area (Å²) in [6.45, 7) is 1.69. The zero-order chi connectivity index (χ0) is 8.13. The maximum Gasteiger partial charge on any atom is 0.140 e. The molecule has 0 radical (unpaired) electrons. The molecule has 1 heterocycles. The van der Waals surface area contributed by atoms with Crippen molar-refractivity contribution in [3.63, 3.8) is 0 Å².